The fourth-order valence-corrected chi connectivity index (χ4v) is 1.78. The van der Waals surface area contributed by atoms with Crippen molar-refractivity contribution in [3.63, 3.8) is 0 Å². The van der Waals surface area contributed by atoms with Crippen molar-refractivity contribution in [2.24, 2.45) is 0 Å². The van der Waals surface area contributed by atoms with E-state index in [2.05, 4.69) is 33.5 Å². The van der Waals surface area contributed by atoms with Crippen LogP contribution in [0.4, 0.5) is 4.79 Å². The minimum absolute atomic E-state index is 0.282. The molecule has 0 N–H and O–H groups in total. The molecule has 2 heterocycles. The molecular formula is C15H15N3O2. The molecule has 1 aliphatic heterocycles. The van der Waals surface area contributed by atoms with Gasteiger partial charge in [-0.3, -0.25) is 4.98 Å². The molecule has 2 rings (SSSR count). The molecule has 0 aliphatic carbocycles. The van der Waals surface area contributed by atoms with Crippen LogP contribution in [0.1, 0.15) is 5.56 Å². The molecule has 1 amide bonds. The summed E-state index contributed by atoms with van der Waals surface area (Å²) in [6.45, 7) is 2.66. The van der Waals surface area contributed by atoms with E-state index in [-0.39, 0.29) is 6.09 Å². The van der Waals surface area contributed by atoms with Crippen LogP contribution in [-0.4, -0.2) is 54.2 Å². The van der Waals surface area contributed by atoms with E-state index < -0.39 is 0 Å². The number of pyridine rings is 1. The average molecular weight is 269 g/mol. The van der Waals surface area contributed by atoms with Crippen molar-refractivity contribution >= 4 is 6.09 Å². The molecule has 0 radical (unpaired) electrons. The summed E-state index contributed by atoms with van der Waals surface area (Å²) in [6.07, 6.45) is 3.11. The van der Waals surface area contributed by atoms with E-state index >= 15 is 0 Å². The van der Waals surface area contributed by atoms with Gasteiger partial charge in [0.25, 0.3) is 0 Å². The molecule has 20 heavy (non-hydrogen) atoms. The van der Waals surface area contributed by atoms with Crippen LogP contribution in [0.15, 0.2) is 24.5 Å². The number of methoxy groups -OCH3 is 1. The first-order valence-corrected chi connectivity index (χ1v) is 6.29. The van der Waals surface area contributed by atoms with E-state index in [1.807, 2.05) is 17.0 Å². The molecule has 0 atom stereocenters. The summed E-state index contributed by atoms with van der Waals surface area (Å²) in [4.78, 5) is 18.9. The summed E-state index contributed by atoms with van der Waals surface area (Å²) in [5.41, 5.74) is 0.893. The summed E-state index contributed by atoms with van der Waals surface area (Å²) in [5.74, 6) is 8.58. The molecule has 0 bridgehead atoms. The average Bonchev–Trinajstić information content (AvgIpc) is 2.52. The highest BCUT2D eigenvalue weighted by Gasteiger charge is 2.19. The van der Waals surface area contributed by atoms with E-state index in [1.54, 1.807) is 17.3 Å². The highest BCUT2D eigenvalue weighted by atomic mass is 16.5. The van der Waals surface area contributed by atoms with Crippen LogP contribution in [0.25, 0.3) is 0 Å². The van der Waals surface area contributed by atoms with E-state index in [0.717, 1.165) is 5.56 Å². The van der Waals surface area contributed by atoms with E-state index in [9.17, 15) is 4.79 Å². The van der Waals surface area contributed by atoms with Gasteiger partial charge < -0.3 is 14.5 Å². The number of carbonyl (C=O) groups excluding carboxylic acids is 1. The van der Waals surface area contributed by atoms with Crippen molar-refractivity contribution in [2.45, 2.75) is 0 Å². The van der Waals surface area contributed by atoms with Gasteiger partial charge in [0, 0.05) is 56.1 Å². The predicted octanol–water partition coefficient (Wildman–Crippen LogP) is 0.778. The lowest BCUT2D eigenvalue weighted by Gasteiger charge is -2.31. The first kappa shape index (κ1) is 13.8. The molecular weight excluding hydrogens is 254 g/mol. The Hall–Kier alpha value is -2.66. The van der Waals surface area contributed by atoms with E-state index in [4.69, 9.17) is 0 Å². The first-order chi connectivity index (χ1) is 9.79. The lowest BCUT2D eigenvalue weighted by molar-refractivity contribution is 0.104. The lowest BCUT2D eigenvalue weighted by atomic mass is 10.3. The van der Waals surface area contributed by atoms with Crippen LogP contribution < -0.4 is 0 Å². The molecule has 1 aliphatic rings. The summed E-state index contributed by atoms with van der Waals surface area (Å²) >= 11 is 0. The van der Waals surface area contributed by atoms with Crippen LogP contribution in [0.5, 0.6) is 0 Å². The predicted molar refractivity (Wildman–Crippen MR) is 74.4 cm³/mol. The van der Waals surface area contributed by atoms with Crippen molar-refractivity contribution in [3.8, 4) is 23.8 Å². The Bertz CT molecular complexity index is 570. The summed E-state index contributed by atoms with van der Waals surface area (Å²) in [5, 5.41) is 0. The Labute approximate surface area is 118 Å². The number of nitrogens with zero attached hydrogens (tertiary/aromatic N) is 3. The smallest absolute Gasteiger partial charge is 0.409 e. The second kappa shape index (κ2) is 7.06. The Morgan fingerprint density at radius 2 is 1.90 bits per heavy atom. The van der Waals surface area contributed by atoms with Crippen LogP contribution >= 0.6 is 0 Å². The Morgan fingerprint density at radius 1 is 1.20 bits per heavy atom. The number of aromatic nitrogens is 1. The topological polar surface area (TPSA) is 45.7 Å². The Balaban J connectivity index is 1.84. The monoisotopic (exact) mass is 269 g/mol. The Morgan fingerprint density at radius 3 is 2.55 bits per heavy atom. The van der Waals surface area contributed by atoms with Gasteiger partial charge in [0.05, 0.1) is 7.11 Å². The second-order valence-electron chi connectivity index (χ2n) is 4.17. The molecule has 5 nitrogen and oxygen atoms in total. The quantitative estimate of drug-likeness (QED) is 0.653. The normalized spacial score (nSPS) is 13.7. The molecule has 1 aromatic heterocycles. The zero-order valence-corrected chi connectivity index (χ0v) is 11.3. The molecule has 5 heteroatoms. The molecule has 1 saturated heterocycles. The largest absolute Gasteiger partial charge is 0.453 e. The van der Waals surface area contributed by atoms with Gasteiger partial charge in [0.1, 0.15) is 0 Å². The van der Waals surface area contributed by atoms with Gasteiger partial charge in [-0.25, -0.2) is 4.79 Å². The zero-order chi connectivity index (χ0) is 14.2. The number of carbonyl (C=O) groups is 1. The number of hydrogen-bond donors (Lipinski definition) is 0. The van der Waals surface area contributed by atoms with Gasteiger partial charge in [-0.05, 0) is 18.1 Å². The number of hydrogen-bond acceptors (Lipinski definition) is 4. The van der Waals surface area contributed by atoms with Crippen LogP contribution in [-0.2, 0) is 4.74 Å². The standard InChI is InChI=1S/C15H15N3O2/c1-20-15(19)18-12-10-17(11-13-18)9-3-2-4-14-5-7-16-8-6-14/h5-8H,10-13H2,1H3. The highest BCUT2D eigenvalue weighted by Crippen LogP contribution is 2.01. The number of ether oxygens (including phenoxy) is 1. The summed E-state index contributed by atoms with van der Waals surface area (Å²) in [7, 11) is 1.39. The van der Waals surface area contributed by atoms with Gasteiger partial charge in [-0.15, -0.1) is 0 Å². The van der Waals surface area contributed by atoms with Crippen LogP contribution in [0.3, 0.4) is 0 Å². The number of piperazine rings is 1. The van der Waals surface area contributed by atoms with Crippen molar-refractivity contribution in [1.82, 2.24) is 14.8 Å². The number of amides is 1. The molecule has 1 fully saturated rings. The van der Waals surface area contributed by atoms with Crippen molar-refractivity contribution in [2.75, 3.05) is 33.3 Å². The molecule has 102 valence electrons. The fraction of sp³-hybridized carbons (Fsp3) is 0.333. The third-order valence-electron chi connectivity index (χ3n) is 2.88. The minimum Gasteiger partial charge on any atom is -0.453 e. The summed E-state index contributed by atoms with van der Waals surface area (Å²) in [6, 6.07) is 6.66. The van der Waals surface area contributed by atoms with Gasteiger partial charge in [-0.2, -0.15) is 0 Å². The van der Waals surface area contributed by atoms with Crippen LogP contribution in [0.2, 0.25) is 0 Å². The molecule has 0 spiro atoms. The van der Waals surface area contributed by atoms with Gasteiger partial charge in [0.2, 0.25) is 0 Å². The maximum Gasteiger partial charge on any atom is 0.409 e. The van der Waals surface area contributed by atoms with Crippen molar-refractivity contribution in [3.05, 3.63) is 30.1 Å². The third kappa shape index (κ3) is 3.93. The highest BCUT2D eigenvalue weighted by molar-refractivity contribution is 5.67. The van der Waals surface area contributed by atoms with Gasteiger partial charge in [-0.1, -0.05) is 5.92 Å². The maximum atomic E-state index is 11.3. The first-order valence-electron chi connectivity index (χ1n) is 6.29. The van der Waals surface area contributed by atoms with Gasteiger partial charge >= 0.3 is 6.09 Å². The van der Waals surface area contributed by atoms with Gasteiger partial charge in [0.15, 0.2) is 0 Å². The van der Waals surface area contributed by atoms with E-state index in [1.165, 1.54) is 7.11 Å². The van der Waals surface area contributed by atoms with Crippen LogP contribution in [0, 0.1) is 23.8 Å². The van der Waals surface area contributed by atoms with Crippen molar-refractivity contribution in [1.29, 1.82) is 0 Å². The fourth-order valence-electron chi connectivity index (χ4n) is 1.78. The number of rotatable bonds is 0. The zero-order valence-electron chi connectivity index (χ0n) is 11.3. The lowest BCUT2D eigenvalue weighted by Crippen LogP contribution is -2.46. The third-order valence-corrected chi connectivity index (χ3v) is 2.88. The molecule has 0 aromatic carbocycles. The summed E-state index contributed by atoms with van der Waals surface area (Å²) < 4.78 is 4.68. The Kier molecular flexibility index (Phi) is 4.86. The molecule has 0 unspecified atom stereocenters. The molecule has 0 saturated carbocycles. The molecule has 1 aromatic rings. The second-order valence-corrected chi connectivity index (χ2v) is 4.17. The van der Waals surface area contributed by atoms with E-state index in [0.29, 0.717) is 26.2 Å². The maximum absolute atomic E-state index is 11.3. The minimum atomic E-state index is -0.282. The van der Waals surface area contributed by atoms with Crippen molar-refractivity contribution < 1.29 is 9.53 Å². The SMILES string of the molecule is COC(=O)N1CCN(C#CC#Cc2ccncc2)CC1.